The van der Waals surface area contributed by atoms with Gasteiger partial charge in [-0.1, -0.05) is 36.8 Å². The van der Waals surface area contributed by atoms with Crippen LogP contribution in [0.2, 0.25) is 0 Å². The Morgan fingerprint density at radius 2 is 1.89 bits per heavy atom. The van der Waals surface area contributed by atoms with E-state index in [-0.39, 0.29) is 11.9 Å². The van der Waals surface area contributed by atoms with Crippen molar-refractivity contribution in [3.05, 3.63) is 35.9 Å². The molecule has 4 heteroatoms. The number of nitrogens with two attached hydrogens (primary N) is 2. The molecule has 0 saturated carbocycles. The van der Waals surface area contributed by atoms with Crippen molar-refractivity contribution in [1.29, 1.82) is 0 Å². The van der Waals surface area contributed by atoms with E-state index in [9.17, 15) is 4.79 Å². The third-order valence-corrected chi connectivity index (χ3v) is 3.01. The van der Waals surface area contributed by atoms with Crippen LogP contribution in [-0.2, 0) is 11.2 Å². The van der Waals surface area contributed by atoms with Gasteiger partial charge < -0.3 is 16.8 Å². The van der Waals surface area contributed by atoms with Crippen molar-refractivity contribution in [3.8, 4) is 0 Å². The fraction of sp³-hybridized carbons (Fsp3) is 0.533. The first-order valence-corrected chi connectivity index (χ1v) is 6.98. The topological polar surface area (TPSA) is 81.1 Å². The zero-order valence-corrected chi connectivity index (χ0v) is 11.5. The number of amides is 1. The molecule has 1 rings (SSSR count). The van der Waals surface area contributed by atoms with E-state index in [1.165, 1.54) is 5.56 Å². The SMILES string of the molecule is NCCCCCC(=O)NC[C@H](N)Cc1ccccc1. The minimum absolute atomic E-state index is 0.0320. The van der Waals surface area contributed by atoms with E-state index in [0.29, 0.717) is 19.5 Å². The van der Waals surface area contributed by atoms with Gasteiger partial charge in [0.15, 0.2) is 0 Å². The summed E-state index contributed by atoms with van der Waals surface area (Å²) in [5.41, 5.74) is 12.6. The number of carbonyl (C=O) groups excluding carboxylic acids is 1. The minimum Gasteiger partial charge on any atom is -0.355 e. The van der Waals surface area contributed by atoms with Gasteiger partial charge in [-0.25, -0.2) is 0 Å². The number of nitrogens with one attached hydrogen (secondary N) is 1. The number of unbranched alkanes of at least 4 members (excludes halogenated alkanes) is 2. The van der Waals surface area contributed by atoms with Gasteiger partial charge in [-0.3, -0.25) is 4.79 Å². The van der Waals surface area contributed by atoms with Gasteiger partial charge in [0, 0.05) is 19.0 Å². The lowest BCUT2D eigenvalue weighted by atomic mass is 10.1. The summed E-state index contributed by atoms with van der Waals surface area (Å²) >= 11 is 0. The van der Waals surface area contributed by atoms with E-state index in [1.807, 2.05) is 18.2 Å². The molecule has 0 spiro atoms. The van der Waals surface area contributed by atoms with Crippen LogP contribution in [0.15, 0.2) is 30.3 Å². The van der Waals surface area contributed by atoms with Crippen molar-refractivity contribution < 1.29 is 4.79 Å². The van der Waals surface area contributed by atoms with Gasteiger partial charge in [-0.15, -0.1) is 0 Å². The molecule has 0 saturated heterocycles. The van der Waals surface area contributed by atoms with Crippen molar-refractivity contribution >= 4 is 5.91 Å². The van der Waals surface area contributed by atoms with E-state index in [0.717, 1.165) is 25.7 Å². The summed E-state index contributed by atoms with van der Waals surface area (Å²) in [7, 11) is 0. The van der Waals surface area contributed by atoms with Crippen LogP contribution in [0.4, 0.5) is 0 Å². The molecular weight excluding hydrogens is 238 g/mol. The molecule has 5 N–H and O–H groups in total. The predicted molar refractivity (Wildman–Crippen MR) is 78.7 cm³/mol. The Labute approximate surface area is 115 Å². The molecule has 0 aliphatic rings. The lowest BCUT2D eigenvalue weighted by Crippen LogP contribution is -2.38. The number of hydrogen-bond acceptors (Lipinski definition) is 3. The Bertz CT molecular complexity index is 354. The molecule has 0 aliphatic carbocycles. The minimum atomic E-state index is -0.0320. The first-order chi connectivity index (χ1) is 9.22. The Balaban J connectivity index is 2.12. The lowest BCUT2D eigenvalue weighted by molar-refractivity contribution is -0.121. The Morgan fingerprint density at radius 3 is 2.58 bits per heavy atom. The van der Waals surface area contributed by atoms with Crippen LogP contribution in [0.1, 0.15) is 31.2 Å². The lowest BCUT2D eigenvalue weighted by Gasteiger charge is -2.13. The zero-order valence-electron chi connectivity index (χ0n) is 11.5. The molecular formula is C15H25N3O. The van der Waals surface area contributed by atoms with Crippen LogP contribution >= 0.6 is 0 Å². The molecule has 19 heavy (non-hydrogen) atoms. The molecule has 0 fully saturated rings. The van der Waals surface area contributed by atoms with Crippen molar-refractivity contribution in [2.24, 2.45) is 11.5 Å². The molecule has 4 nitrogen and oxygen atoms in total. The van der Waals surface area contributed by atoms with Crippen LogP contribution < -0.4 is 16.8 Å². The quantitative estimate of drug-likeness (QED) is 0.585. The van der Waals surface area contributed by atoms with Crippen molar-refractivity contribution in [2.75, 3.05) is 13.1 Å². The maximum atomic E-state index is 11.6. The van der Waals surface area contributed by atoms with Gasteiger partial charge in [0.25, 0.3) is 0 Å². The molecule has 1 amide bonds. The molecule has 0 aliphatic heterocycles. The second-order valence-electron chi connectivity index (χ2n) is 4.85. The largest absolute Gasteiger partial charge is 0.355 e. The maximum Gasteiger partial charge on any atom is 0.220 e. The highest BCUT2D eigenvalue weighted by atomic mass is 16.1. The van der Waals surface area contributed by atoms with Gasteiger partial charge >= 0.3 is 0 Å². The molecule has 0 unspecified atom stereocenters. The highest BCUT2D eigenvalue weighted by Gasteiger charge is 2.06. The fourth-order valence-electron chi connectivity index (χ4n) is 1.93. The molecule has 0 radical (unpaired) electrons. The monoisotopic (exact) mass is 263 g/mol. The molecule has 106 valence electrons. The van der Waals surface area contributed by atoms with Gasteiger partial charge in [-0.05, 0) is 31.4 Å². The highest BCUT2D eigenvalue weighted by Crippen LogP contribution is 2.02. The summed E-state index contributed by atoms with van der Waals surface area (Å²) in [6.45, 7) is 1.23. The summed E-state index contributed by atoms with van der Waals surface area (Å²) < 4.78 is 0. The Kier molecular flexibility index (Phi) is 7.86. The second-order valence-corrected chi connectivity index (χ2v) is 4.85. The zero-order chi connectivity index (χ0) is 13.9. The van der Waals surface area contributed by atoms with Gasteiger partial charge in [-0.2, -0.15) is 0 Å². The average Bonchev–Trinajstić information content (AvgIpc) is 2.42. The van der Waals surface area contributed by atoms with Crippen LogP contribution in [0.25, 0.3) is 0 Å². The summed E-state index contributed by atoms with van der Waals surface area (Å²) in [5, 5.41) is 2.88. The molecule has 0 bridgehead atoms. The Morgan fingerprint density at radius 1 is 1.16 bits per heavy atom. The molecule has 1 aromatic rings. The van der Waals surface area contributed by atoms with E-state index in [1.54, 1.807) is 0 Å². The molecule has 1 atom stereocenters. The van der Waals surface area contributed by atoms with Crippen LogP contribution in [-0.4, -0.2) is 25.0 Å². The molecule has 0 heterocycles. The third-order valence-electron chi connectivity index (χ3n) is 3.01. The first kappa shape index (κ1) is 15.7. The van der Waals surface area contributed by atoms with E-state index < -0.39 is 0 Å². The van der Waals surface area contributed by atoms with Gasteiger partial charge in [0.1, 0.15) is 0 Å². The van der Waals surface area contributed by atoms with Crippen molar-refractivity contribution in [1.82, 2.24) is 5.32 Å². The Hall–Kier alpha value is -1.39. The van der Waals surface area contributed by atoms with Crippen LogP contribution in [0.5, 0.6) is 0 Å². The third kappa shape index (κ3) is 7.59. The summed E-state index contributed by atoms with van der Waals surface area (Å²) in [5.74, 6) is 0.0838. The average molecular weight is 263 g/mol. The number of benzene rings is 1. The van der Waals surface area contributed by atoms with E-state index >= 15 is 0 Å². The standard InChI is InChI=1S/C15H25N3O/c16-10-6-2-5-9-15(19)18-12-14(17)11-13-7-3-1-4-8-13/h1,3-4,7-8,14H,2,5-6,9-12,16-17H2,(H,18,19)/t14-/m1/s1. The molecule has 0 aromatic heterocycles. The number of hydrogen-bond donors (Lipinski definition) is 3. The highest BCUT2D eigenvalue weighted by molar-refractivity contribution is 5.75. The summed E-state index contributed by atoms with van der Waals surface area (Å²) in [6.07, 6.45) is 4.25. The van der Waals surface area contributed by atoms with E-state index in [4.69, 9.17) is 11.5 Å². The van der Waals surface area contributed by atoms with E-state index in [2.05, 4.69) is 17.4 Å². The summed E-state index contributed by atoms with van der Waals surface area (Å²) in [4.78, 5) is 11.6. The van der Waals surface area contributed by atoms with Gasteiger partial charge in [0.05, 0.1) is 0 Å². The second kappa shape index (κ2) is 9.53. The normalized spacial score (nSPS) is 12.1. The van der Waals surface area contributed by atoms with Gasteiger partial charge in [0.2, 0.25) is 5.91 Å². The fourth-order valence-corrected chi connectivity index (χ4v) is 1.93. The summed E-state index contributed by atoms with van der Waals surface area (Å²) in [6, 6.07) is 10.0. The first-order valence-electron chi connectivity index (χ1n) is 6.98. The van der Waals surface area contributed by atoms with Crippen LogP contribution in [0, 0.1) is 0 Å². The van der Waals surface area contributed by atoms with Crippen LogP contribution in [0.3, 0.4) is 0 Å². The van der Waals surface area contributed by atoms with Crippen molar-refractivity contribution in [2.45, 2.75) is 38.1 Å². The number of carbonyl (C=O) groups is 1. The number of rotatable bonds is 9. The smallest absolute Gasteiger partial charge is 0.220 e. The molecule has 1 aromatic carbocycles. The van der Waals surface area contributed by atoms with Crippen molar-refractivity contribution in [3.63, 3.8) is 0 Å². The predicted octanol–water partition coefficient (Wildman–Crippen LogP) is 1.19. The maximum absolute atomic E-state index is 11.6.